The predicted octanol–water partition coefficient (Wildman–Crippen LogP) is 3.79. The van der Waals surface area contributed by atoms with E-state index in [1.807, 2.05) is 0 Å². The summed E-state index contributed by atoms with van der Waals surface area (Å²) in [4.78, 5) is 16.2. The fourth-order valence-electron chi connectivity index (χ4n) is 3.87. The highest BCUT2D eigenvalue weighted by Gasteiger charge is 2.27. The van der Waals surface area contributed by atoms with Crippen molar-refractivity contribution >= 4 is 29.0 Å². The zero-order valence-corrected chi connectivity index (χ0v) is 16.2. The van der Waals surface area contributed by atoms with E-state index in [9.17, 15) is 4.79 Å². The van der Waals surface area contributed by atoms with E-state index in [0.717, 1.165) is 25.4 Å². The topological polar surface area (TPSA) is 32.3 Å². The lowest BCUT2D eigenvalue weighted by atomic mass is 9.95. The van der Waals surface area contributed by atoms with E-state index in [2.05, 4.69) is 39.5 Å². The Hall–Kier alpha value is -0.520. The van der Waals surface area contributed by atoms with Gasteiger partial charge in [-0.1, -0.05) is 6.07 Å². The summed E-state index contributed by atoms with van der Waals surface area (Å²) in [6.45, 7) is 3.32. The van der Waals surface area contributed by atoms with Crippen molar-refractivity contribution in [2.24, 2.45) is 5.92 Å². The number of thioether (sulfide) groups is 1. The zero-order chi connectivity index (χ0) is 16.6. The van der Waals surface area contributed by atoms with Crippen LogP contribution in [-0.2, 0) is 11.2 Å². The molecule has 1 atom stereocenters. The Bertz CT molecular complexity index is 486. The van der Waals surface area contributed by atoms with Crippen LogP contribution < -0.4 is 5.32 Å². The maximum atomic E-state index is 12.1. The van der Waals surface area contributed by atoms with E-state index in [1.54, 1.807) is 11.3 Å². The number of aryl methyl sites for hydroxylation is 1. The van der Waals surface area contributed by atoms with Gasteiger partial charge in [0, 0.05) is 30.4 Å². The summed E-state index contributed by atoms with van der Waals surface area (Å²) in [6.07, 6.45) is 7.92. The number of likely N-dealkylation sites (tertiary alicyclic amines) is 1. The molecule has 0 saturated carbocycles. The summed E-state index contributed by atoms with van der Waals surface area (Å²) in [6, 6.07) is 5.04. The average molecular weight is 367 g/mol. The number of thiophene rings is 1. The first kappa shape index (κ1) is 18.3. The Kier molecular flexibility index (Phi) is 7.49. The van der Waals surface area contributed by atoms with Crippen LogP contribution in [0, 0.1) is 5.92 Å². The molecule has 0 radical (unpaired) electrons. The van der Waals surface area contributed by atoms with E-state index < -0.39 is 0 Å². The van der Waals surface area contributed by atoms with E-state index >= 15 is 0 Å². The van der Waals surface area contributed by atoms with Gasteiger partial charge in [0.1, 0.15) is 0 Å². The number of carbonyl (C=O) groups is 1. The highest BCUT2D eigenvalue weighted by molar-refractivity contribution is 7.99. The first-order valence-corrected chi connectivity index (χ1v) is 11.5. The van der Waals surface area contributed by atoms with Gasteiger partial charge in [-0.2, -0.15) is 11.8 Å². The van der Waals surface area contributed by atoms with Gasteiger partial charge >= 0.3 is 0 Å². The van der Waals surface area contributed by atoms with Crippen molar-refractivity contribution in [3.63, 3.8) is 0 Å². The average Bonchev–Trinajstić information content (AvgIpc) is 3.14. The molecule has 2 aliphatic rings. The summed E-state index contributed by atoms with van der Waals surface area (Å²) in [5, 5.41) is 5.30. The van der Waals surface area contributed by atoms with Gasteiger partial charge in [0.05, 0.1) is 0 Å². The largest absolute Gasteiger partial charge is 0.356 e. The standard InChI is InChI=1S/C19H30N2OS2/c22-19(7-1-5-18-6-3-11-24-18)20-14-16-4-2-10-21(15-16)17-8-12-23-13-9-17/h3,6,11,16-17H,1-2,4-5,7-10,12-15H2,(H,20,22). The second kappa shape index (κ2) is 9.83. The van der Waals surface area contributed by atoms with Crippen molar-refractivity contribution in [2.75, 3.05) is 31.1 Å². The van der Waals surface area contributed by atoms with Crippen molar-refractivity contribution < 1.29 is 4.79 Å². The van der Waals surface area contributed by atoms with Gasteiger partial charge in [0.2, 0.25) is 5.91 Å². The molecule has 2 aliphatic heterocycles. The number of amides is 1. The number of carbonyl (C=O) groups excluding carboxylic acids is 1. The van der Waals surface area contributed by atoms with Crippen LogP contribution in [0.25, 0.3) is 0 Å². The van der Waals surface area contributed by atoms with Gasteiger partial charge in [-0.3, -0.25) is 9.69 Å². The lowest BCUT2D eigenvalue weighted by Crippen LogP contribution is -2.46. The fraction of sp³-hybridized carbons (Fsp3) is 0.737. The number of piperidine rings is 1. The van der Waals surface area contributed by atoms with Gasteiger partial charge in [0.15, 0.2) is 0 Å². The van der Waals surface area contributed by atoms with Crippen molar-refractivity contribution in [3.8, 4) is 0 Å². The Morgan fingerprint density at radius 2 is 2.17 bits per heavy atom. The van der Waals surface area contributed by atoms with Gasteiger partial charge in [-0.05, 0) is 73.9 Å². The zero-order valence-electron chi connectivity index (χ0n) is 14.5. The smallest absolute Gasteiger partial charge is 0.220 e. The molecule has 2 saturated heterocycles. The van der Waals surface area contributed by atoms with Crippen molar-refractivity contribution in [2.45, 2.75) is 51.0 Å². The molecule has 1 N–H and O–H groups in total. The number of hydrogen-bond acceptors (Lipinski definition) is 4. The molecule has 0 aromatic carbocycles. The second-order valence-corrected chi connectivity index (χ2v) is 9.34. The van der Waals surface area contributed by atoms with Crippen LogP contribution in [0.1, 0.15) is 43.4 Å². The van der Waals surface area contributed by atoms with Crippen LogP contribution in [0.4, 0.5) is 0 Å². The summed E-state index contributed by atoms with van der Waals surface area (Å²) in [7, 11) is 0. The molecule has 134 valence electrons. The Morgan fingerprint density at radius 1 is 1.29 bits per heavy atom. The molecule has 1 aromatic rings. The van der Waals surface area contributed by atoms with Gasteiger partial charge in [-0.15, -0.1) is 11.3 Å². The number of nitrogens with one attached hydrogen (secondary N) is 1. The van der Waals surface area contributed by atoms with Gasteiger partial charge in [-0.25, -0.2) is 0 Å². The highest BCUT2D eigenvalue weighted by atomic mass is 32.2. The predicted molar refractivity (Wildman–Crippen MR) is 105 cm³/mol. The van der Waals surface area contributed by atoms with Crippen LogP contribution in [0.15, 0.2) is 17.5 Å². The highest BCUT2D eigenvalue weighted by Crippen LogP contribution is 2.26. The number of rotatable bonds is 7. The van der Waals surface area contributed by atoms with Crippen LogP contribution >= 0.6 is 23.1 Å². The molecule has 0 aliphatic carbocycles. The van der Waals surface area contributed by atoms with E-state index in [1.165, 1.54) is 55.2 Å². The molecular weight excluding hydrogens is 336 g/mol. The second-order valence-electron chi connectivity index (χ2n) is 7.08. The Balaban J connectivity index is 1.32. The molecule has 3 nitrogen and oxygen atoms in total. The Morgan fingerprint density at radius 3 is 2.96 bits per heavy atom. The molecule has 5 heteroatoms. The molecule has 0 bridgehead atoms. The van der Waals surface area contributed by atoms with Gasteiger partial charge < -0.3 is 5.32 Å². The normalized spacial score (nSPS) is 23.2. The SMILES string of the molecule is O=C(CCCc1cccs1)NCC1CCCN(C2CCSCC2)C1. The van der Waals surface area contributed by atoms with Crippen molar-refractivity contribution in [1.82, 2.24) is 10.2 Å². The van der Waals surface area contributed by atoms with Crippen LogP contribution in [-0.4, -0.2) is 48.0 Å². The molecular formula is C19H30N2OS2. The summed E-state index contributed by atoms with van der Waals surface area (Å²) >= 11 is 3.89. The van der Waals surface area contributed by atoms with E-state index in [4.69, 9.17) is 0 Å². The lowest BCUT2D eigenvalue weighted by Gasteiger charge is -2.40. The van der Waals surface area contributed by atoms with E-state index in [-0.39, 0.29) is 5.91 Å². The lowest BCUT2D eigenvalue weighted by molar-refractivity contribution is -0.121. The summed E-state index contributed by atoms with van der Waals surface area (Å²) in [5.41, 5.74) is 0. The van der Waals surface area contributed by atoms with Crippen LogP contribution in [0.5, 0.6) is 0 Å². The molecule has 24 heavy (non-hydrogen) atoms. The third kappa shape index (κ3) is 5.78. The quantitative estimate of drug-likeness (QED) is 0.797. The number of nitrogens with zero attached hydrogens (tertiary/aromatic N) is 1. The summed E-state index contributed by atoms with van der Waals surface area (Å²) in [5.74, 6) is 3.53. The third-order valence-corrected chi connectivity index (χ3v) is 7.24. The molecule has 0 spiro atoms. The maximum Gasteiger partial charge on any atom is 0.220 e. The first-order valence-electron chi connectivity index (χ1n) is 9.42. The van der Waals surface area contributed by atoms with Crippen LogP contribution in [0.2, 0.25) is 0 Å². The Labute approximate surface area is 154 Å². The molecule has 3 heterocycles. The molecule has 1 amide bonds. The van der Waals surface area contributed by atoms with Gasteiger partial charge in [0.25, 0.3) is 0 Å². The van der Waals surface area contributed by atoms with Crippen molar-refractivity contribution in [3.05, 3.63) is 22.4 Å². The maximum absolute atomic E-state index is 12.1. The minimum atomic E-state index is 0.234. The van der Waals surface area contributed by atoms with Crippen LogP contribution in [0.3, 0.4) is 0 Å². The van der Waals surface area contributed by atoms with E-state index in [0.29, 0.717) is 12.3 Å². The first-order chi connectivity index (χ1) is 11.8. The summed E-state index contributed by atoms with van der Waals surface area (Å²) < 4.78 is 0. The molecule has 1 unspecified atom stereocenters. The monoisotopic (exact) mass is 366 g/mol. The minimum absolute atomic E-state index is 0.234. The molecule has 2 fully saturated rings. The fourth-order valence-corrected chi connectivity index (χ4v) is 5.70. The minimum Gasteiger partial charge on any atom is -0.356 e. The third-order valence-electron chi connectivity index (χ3n) is 5.25. The number of hydrogen-bond donors (Lipinski definition) is 1. The van der Waals surface area contributed by atoms with Crippen molar-refractivity contribution in [1.29, 1.82) is 0 Å². The molecule has 1 aromatic heterocycles. The molecule has 3 rings (SSSR count).